The number of aliphatic carboxylic acids is 1. The quantitative estimate of drug-likeness (QED) is 0.857. The molecule has 108 valence electrons. The second-order valence-electron chi connectivity index (χ2n) is 5.07. The zero-order valence-electron chi connectivity index (χ0n) is 11.8. The van der Waals surface area contributed by atoms with Crippen LogP contribution >= 0.6 is 0 Å². The second-order valence-corrected chi connectivity index (χ2v) is 5.07. The van der Waals surface area contributed by atoms with Gasteiger partial charge in [-0.3, -0.25) is 9.59 Å². The Kier molecular flexibility index (Phi) is 4.27. The highest BCUT2D eigenvalue weighted by Gasteiger charge is 2.37. The lowest BCUT2D eigenvalue weighted by atomic mass is 10.0. The first-order valence-corrected chi connectivity index (χ1v) is 6.92. The molecule has 1 heterocycles. The average Bonchev–Trinajstić information content (AvgIpc) is 2.83. The summed E-state index contributed by atoms with van der Waals surface area (Å²) in [6, 6.07) is 7.03. The molecule has 20 heavy (non-hydrogen) atoms. The monoisotopic (exact) mass is 276 g/mol. The third-order valence-corrected chi connectivity index (χ3v) is 3.70. The maximum atomic E-state index is 12.1. The van der Waals surface area contributed by atoms with Crippen LogP contribution in [0.25, 0.3) is 0 Å². The highest BCUT2D eigenvalue weighted by Crippen LogP contribution is 2.37. The van der Waals surface area contributed by atoms with Crippen molar-refractivity contribution < 1.29 is 14.7 Å². The topological polar surface area (TPSA) is 69.6 Å². The zero-order valence-corrected chi connectivity index (χ0v) is 11.8. The van der Waals surface area contributed by atoms with Gasteiger partial charge in [0.05, 0.1) is 0 Å². The number of nitrogens with zero attached hydrogens (tertiary/aromatic N) is 1. The SMILES string of the molecule is CCCNC(=O)C(C)N1CC(C(=O)O)c2ccccc21. The molecule has 5 heteroatoms. The fourth-order valence-corrected chi connectivity index (χ4v) is 2.55. The molecule has 5 nitrogen and oxygen atoms in total. The molecule has 0 fully saturated rings. The Labute approximate surface area is 118 Å². The molecule has 0 bridgehead atoms. The summed E-state index contributed by atoms with van der Waals surface area (Å²) in [7, 11) is 0. The molecule has 0 radical (unpaired) electrons. The van der Waals surface area contributed by atoms with Gasteiger partial charge in [0.25, 0.3) is 0 Å². The van der Waals surface area contributed by atoms with E-state index in [-0.39, 0.29) is 11.9 Å². The minimum absolute atomic E-state index is 0.0623. The molecule has 1 aliphatic rings. The van der Waals surface area contributed by atoms with Crippen molar-refractivity contribution in [2.45, 2.75) is 32.2 Å². The van der Waals surface area contributed by atoms with Crippen molar-refractivity contribution in [2.75, 3.05) is 18.0 Å². The van der Waals surface area contributed by atoms with Crippen LogP contribution in [0.15, 0.2) is 24.3 Å². The van der Waals surface area contributed by atoms with E-state index in [1.165, 1.54) is 0 Å². The highest BCUT2D eigenvalue weighted by atomic mass is 16.4. The Morgan fingerprint density at radius 2 is 2.15 bits per heavy atom. The van der Waals surface area contributed by atoms with Crippen LogP contribution in [0.4, 0.5) is 5.69 Å². The summed E-state index contributed by atoms with van der Waals surface area (Å²) >= 11 is 0. The van der Waals surface area contributed by atoms with E-state index >= 15 is 0 Å². The lowest BCUT2D eigenvalue weighted by Gasteiger charge is -2.26. The lowest BCUT2D eigenvalue weighted by Crippen LogP contribution is -2.45. The number of hydrogen-bond donors (Lipinski definition) is 2. The molecule has 0 saturated heterocycles. The Hall–Kier alpha value is -2.04. The van der Waals surface area contributed by atoms with Crippen LogP contribution in [0.3, 0.4) is 0 Å². The van der Waals surface area contributed by atoms with Gasteiger partial charge >= 0.3 is 5.97 Å². The van der Waals surface area contributed by atoms with Crippen molar-refractivity contribution >= 4 is 17.6 Å². The van der Waals surface area contributed by atoms with Crippen LogP contribution in [0, 0.1) is 0 Å². The molecule has 1 aromatic rings. The standard InChI is InChI=1S/C15H20N2O3/c1-3-8-16-14(18)10(2)17-9-12(15(19)20)11-6-4-5-7-13(11)17/h4-7,10,12H,3,8-9H2,1-2H3,(H,16,18)(H,19,20). The second kappa shape index (κ2) is 5.94. The van der Waals surface area contributed by atoms with Gasteiger partial charge in [0.2, 0.25) is 5.91 Å². The molecule has 1 amide bonds. The van der Waals surface area contributed by atoms with Crippen LogP contribution in [0.5, 0.6) is 0 Å². The van der Waals surface area contributed by atoms with Crippen molar-refractivity contribution in [3.63, 3.8) is 0 Å². The highest BCUT2D eigenvalue weighted by molar-refractivity contribution is 5.89. The fraction of sp³-hybridized carbons (Fsp3) is 0.467. The summed E-state index contributed by atoms with van der Waals surface area (Å²) in [5.74, 6) is -1.47. The molecule has 2 rings (SSSR count). The van der Waals surface area contributed by atoms with Crippen molar-refractivity contribution in [1.82, 2.24) is 5.32 Å². The van der Waals surface area contributed by atoms with E-state index in [1.54, 1.807) is 0 Å². The number of nitrogens with one attached hydrogen (secondary N) is 1. The van der Waals surface area contributed by atoms with Crippen LogP contribution in [-0.4, -0.2) is 36.1 Å². The molecule has 0 saturated carbocycles. The number of amides is 1. The molecule has 0 aliphatic carbocycles. The number of anilines is 1. The van der Waals surface area contributed by atoms with Crippen LogP contribution in [-0.2, 0) is 9.59 Å². The fourth-order valence-electron chi connectivity index (χ4n) is 2.55. The van der Waals surface area contributed by atoms with Gasteiger partial charge in [0.15, 0.2) is 0 Å². The summed E-state index contributed by atoms with van der Waals surface area (Å²) in [5.41, 5.74) is 1.63. The average molecular weight is 276 g/mol. The van der Waals surface area contributed by atoms with Gasteiger partial charge in [-0.15, -0.1) is 0 Å². The molecule has 0 aromatic heterocycles. The molecule has 2 unspecified atom stereocenters. The summed E-state index contributed by atoms with van der Waals surface area (Å²) in [4.78, 5) is 25.3. The van der Waals surface area contributed by atoms with Gasteiger partial charge in [-0.05, 0) is 25.0 Å². The van der Waals surface area contributed by atoms with Crippen molar-refractivity contribution in [2.24, 2.45) is 0 Å². The number of fused-ring (bicyclic) bond motifs is 1. The first-order chi connectivity index (χ1) is 9.56. The van der Waals surface area contributed by atoms with E-state index in [1.807, 2.05) is 43.0 Å². The van der Waals surface area contributed by atoms with Crippen LogP contribution in [0.1, 0.15) is 31.7 Å². The van der Waals surface area contributed by atoms with Gasteiger partial charge < -0.3 is 15.3 Å². The Morgan fingerprint density at radius 1 is 1.45 bits per heavy atom. The number of rotatable bonds is 5. The van der Waals surface area contributed by atoms with E-state index in [9.17, 15) is 14.7 Å². The first-order valence-electron chi connectivity index (χ1n) is 6.92. The number of carbonyl (C=O) groups excluding carboxylic acids is 1. The number of para-hydroxylation sites is 1. The summed E-state index contributed by atoms with van der Waals surface area (Å²) in [6.07, 6.45) is 0.882. The van der Waals surface area contributed by atoms with Crippen LogP contribution < -0.4 is 10.2 Å². The van der Waals surface area contributed by atoms with Crippen molar-refractivity contribution in [1.29, 1.82) is 0 Å². The predicted octanol–water partition coefficient (Wildman–Crippen LogP) is 1.59. The van der Waals surface area contributed by atoms with Crippen molar-refractivity contribution in [3.8, 4) is 0 Å². The molecule has 1 aliphatic heterocycles. The number of hydrogen-bond acceptors (Lipinski definition) is 3. The van der Waals surface area contributed by atoms with E-state index in [2.05, 4.69) is 5.32 Å². The number of carboxylic acid groups (broad SMARTS) is 1. The van der Waals surface area contributed by atoms with Gasteiger partial charge in [-0.25, -0.2) is 0 Å². The minimum atomic E-state index is -0.846. The molecular weight excluding hydrogens is 256 g/mol. The van der Waals surface area contributed by atoms with E-state index < -0.39 is 11.9 Å². The van der Waals surface area contributed by atoms with Crippen LogP contribution in [0.2, 0.25) is 0 Å². The largest absolute Gasteiger partial charge is 0.481 e. The normalized spacial score (nSPS) is 18.5. The lowest BCUT2D eigenvalue weighted by molar-refractivity contribution is -0.138. The Balaban J connectivity index is 2.22. The number of carbonyl (C=O) groups is 2. The summed E-state index contributed by atoms with van der Waals surface area (Å²) in [6.45, 7) is 4.79. The van der Waals surface area contributed by atoms with Gasteiger partial charge in [0.1, 0.15) is 12.0 Å². The number of carboxylic acids is 1. The molecule has 0 spiro atoms. The van der Waals surface area contributed by atoms with E-state index in [0.717, 1.165) is 17.7 Å². The Morgan fingerprint density at radius 3 is 2.80 bits per heavy atom. The third kappa shape index (κ3) is 2.61. The summed E-state index contributed by atoms with van der Waals surface area (Å²) < 4.78 is 0. The minimum Gasteiger partial charge on any atom is -0.481 e. The van der Waals surface area contributed by atoms with Crippen molar-refractivity contribution in [3.05, 3.63) is 29.8 Å². The number of benzene rings is 1. The summed E-state index contributed by atoms with van der Waals surface area (Å²) in [5, 5.41) is 12.2. The molecule has 1 aromatic carbocycles. The first kappa shape index (κ1) is 14.4. The maximum absolute atomic E-state index is 12.1. The third-order valence-electron chi connectivity index (χ3n) is 3.70. The molecular formula is C15H20N2O3. The predicted molar refractivity (Wildman–Crippen MR) is 76.9 cm³/mol. The van der Waals surface area contributed by atoms with Gasteiger partial charge in [-0.1, -0.05) is 25.1 Å². The Bertz CT molecular complexity index is 516. The smallest absolute Gasteiger partial charge is 0.312 e. The molecule has 2 N–H and O–H groups in total. The zero-order chi connectivity index (χ0) is 14.7. The van der Waals surface area contributed by atoms with Gasteiger partial charge in [0, 0.05) is 18.8 Å². The molecule has 2 atom stereocenters. The maximum Gasteiger partial charge on any atom is 0.312 e. The van der Waals surface area contributed by atoms with E-state index in [0.29, 0.717) is 13.1 Å². The van der Waals surface area contributed by atoms with Gasteiger partial charge in [-0.2, -0.15) is 0 Å². The van der Waals surface area contributed by atoms with E-state index in [4.69, 9.17) is 0 Å².